The third kappa shape index (κ3) is 61.3. The number of hydrogen-bond donors (Lipinski definition) is 0. The highest BCUT2D eigenvalue weighted by molar-refractivity contribution is 5.71. The van der Waals surface area contributed by atoms with E-state index < -0.39 is 6.10 Å². The van der Waals surface area contributed by atoms with Crippen molar-refractivity contribution in [2.75, 3.05) is 13.2 Å². The van der Waals surface area contributed by atoms with Gasteiger partial charge in [-0.3, -0.25) is 14.4 Å². The van der Waals surface area contributed by atoms with Crippen molar-refractivity contribution in [1.82, 2.24) is 0 Å². The van der Waals surface area contributed by atoms with Crippen LogP contribution in [0.1, 0.15) is 400 Å². The SMILES string of the molecule is CCCCCCCCCCCCCCCCCCCCCCC(=O)OCC(COC(=O)CCCCCCCCCCCCCCCCCC)OC(=O)CCCCCCCCCCCCCCCCCCCCCC. The van der Waals surface area contributed by atoms with Gasteiger partial charge in [-0.25, -0.2) is 0 Å². The number of esters is 3. The van der Waals surface area contributed by atoms with Crippen molar-refractivity contribution in [3.05, 3.63) is 0 Å². The molecule has 0 aliphatic rings. The molecule has 0 amide bonds. The zero-order valence-corrected chi connectivity index (χ0v) is 50.7. The smallest absolute Gasteiger partial charge is 0.306 e. The average molecular weight is 1050 g/mol. The molecule has 0 aromatic carbocycles. The molecule has 0 fully saturated rings. The number of hydrogen-bond acceptors (Lipinski definition) is 6. The minimum absolute atomic E-state index is 0.0602. The van der Waals surface area contributed by atoms with Crippen molar-refractivity contribution in [3.8, 4) is 0 Å². The van der Waals surface area contributed by atoms with Crippen molar-refractivity contribution in [3.63, 3.8) is 0 Å². The molecule has 0 bridgehead atoms. The lowest BCUT2D eigenvalue weighted by Gasteiger charge is -2.18. The lowest BCUT2D eigenvalue weighted by molar-refractivity contribution is -0.167. The molecule has 1 atom stereocenters. The van der Waals surface area contributed by atoms with E-state index in [1.54, 1.807) is 0 Å². The topological polar surface area (TPSA) is 78.9 Å². The maximum absolute atomic E-state index is 12.9. The molecule has 0 radical (unpaired) electrons. The predicted octanol–water partition coefficient (Wildman–Crippen LogP) is 23.1. The van der Waals surface area contributed by atoms with Crippen LogP contribution in [0.15, 0.2) is 0 Å². The molecule has 1 unspecified atom stereocenters. The van der Waals surface area contributed by atoms with Crippen molar-refractivity contribution < 1.29 is 28.6 Å². The first-order valence-electron chi connectivity index (χ1n) is 34.0. The summed E-state index contributed by atoms with van der Waals surface area (Å²) in [6, 6.07) is 0. The fourth-order valence-electron chi connectivity index (χ4n) is 10.7. The molecular formula is C68H132O6. The van der Waals surface area contributed by atoms with Gasteiger partial charge in [0.15, 0.2) is 6.10 Å². The molecular weight excluding hydrogens is 913 g/mol. The number of ether oxygens (including phenoxy) is 3. The van der Waals surface area contributed by atoms with Gasteiger partial charge in [-0.2, -0.15) is 0 Å². The molecule has 0 aliphatic heterocycles. The Morgan fingerprint density at radius 3 is 0.541 bits per heavy atom. The normalized spacial score (nSPS) is 11.9. The van der Waals surface area contributed by atoms with Crippen LogP contribution >= 0.6 is 0 Å². The van der Waals surface area contributed by atoms with E-state index in [2.05, 4.69) is 20.8 Å². The Morgan fingerprint density at radius 1 is 0.216 bits per heavy atom. The fourth-order valence-corrected chi connectivity index (χ4v) is 10.7. The molecule has 0 saturated heterocycles. The average Bonchev–Trinajstić information content (AvgIpc) is 3.40. The summed E-state index contributed by atoms with van der Waals surface area (Å²) in [5, 5.41) is 0. The zero-order valence-electron chi connectivity index (χ0n) is 50.7. The largest absolute Gasteiger partial charge is 0.462 e. The van der Waals surface area contributed by atoms with E-state index in [-0.39, 0.29) is 31.1 Å². The third-order valence-corrected chi connectivity index (χ3v) is 15.9. The van der Waals surface area contributed by atoms with Gasteiger partial charge in [0.05, 0.1) is 0 Å². The van der Waals surface area contributed by atoms with Gasteiger partial charge in [-0.1, -0.05) is 361 Å². The number of carbonyl (C=O) groups is 3. The van der Waals surface area contributed by atoms with E-state index >= 15 is 0 Å². The van der Waals surface area contributed by atoms with Crippen LogP contribution in [0.2, 0.25) is 0 Å². The lowest BCUT2D eigenvalue weighted by atomic mass is 10.0. The van der Waals surface area contributed by atoms with Crippen LogP contribution in [0.25, 0.3) is 0 Å². The predicted molar refractivity (Wildman–Crippen MR) is 321 cm³/mol. The maximum atomic E-state index is 12.9. The molecule has 0 saturated carbocycles. The van der Waals surface area contributed by atoms with Gasteiger partial charge >= 0.3 is 17.9 Å². The van der Waals surface area contributed by atoms with Crippen molar-refractivity contribution >= 4 is 17.9 Å². The van der Waals surface area contributed by atoms with Gasteiger partial charge in [0, 0.05) is 19.3 Å². The Morgan fingerprint density at radius 2 is 0.365 bits per heavy atom. The summed E-state index contributed by atoms with van der Waals surface area (Å²) in [4.78, 5) is 38.4. The summed E-state index contributed by atoms with van der Waals surface area (Å²) in [6.45, 7) is 6.74. The molecule has 0 heterocycles. The quantitative estimate of drug-likeness (QED) is 0.0343. The van der Waals surface area contributed by atoms with Gasteiger partial charge < -0.3 is 14.2 Å². The summed E-state index contributed by atoms with van der Waals surface area (Å²) < 4.78 is 17.0. The van der Waals surface area contributed by atoms with Gasteiger partial charge in [0.25, 0.3) is 0 Å². The molecule has 0 aromatic rings. The summed E-state index contributed by atoms with van der Waals surface area (Å²) in [5.41, 5.74) is 0. The van der Waals surface area contributed by atoms with Gasteiger partial charge in [0.1, 0.15) is 13.2 Å². The van der Waals surface area contributed by atoms with E-state index in [0.29, 0.717) is 19.3 Å². The molecule has 0 spiro atoms. The third-order valence-electron chi connectivity index (χ3n) is 15.9. The fraction of sp³-hybridized carbons (Fsp3) is 0.956. The van der Waals surface area contributed by atoms with Gasteiger partial charge in [0.2, 0.25) is 0 Å². The molecule has 6 heteroatoms. The molecule has 0 N–H and O–H groups in total. The Hall–Kier alpha value is -1.59. The summed E-state index contributed by atoms with van der Waals surface area (Å²) in [5.74, 6) is -0.820. The van der Waals surface area contributed by atoms with Crippen molar-refractivity contribution in [1.29, 1.82) is 0 Å². The Labute approximate surface area is 463 Å². The highest BCUT2D eigenvalue weighted by Crippen LogP contribution is 2.19. The first-order chi connectivity index (χ1) is 36.5. The molecule has 440 valence electrons. The van der Waals surface area contributed by atoms with Crippen LogP contribution in [-0.2, 0) is 28.6 Å². The molecule has 6 nitrogen and oxygen atoms in total. The number of carbonyl (C=O) groups excluding carboxylic acids is 3. The molecule has 0 aromatic heterocycles. The Bertz CT molecular complexity index is 1110. The monoisotopic (exact) mass is 1050 g/mol. The van der Waals surface area contributed by atoms with E-state index in [1.165, 1.54) is 302 Å². The summed E-state index contributed by atoms with van der Waals surface area (Å²) in [6.07, 6.45) is 74.0. The van der Waals surface area contributed by atoms with E-state index in [1.807, 2.05) is 0 Å². The summed E-state index contributed by atoms with van der Waals surface area (Å²) >= 11 is 0. The molecule has 0 rings (SSSR count). The lowest BCUT2D eigenvalue weighted by Crippen LogP contribution is -2.30. The van der Waals surface area contributed by atoms with E-state index in [4.69, 9.17) is 14.2 Å². The first kappa shape index (κ1) is 72.4. The van der Waals surface area contributed by atoms with Crippen LogP contribution in [0.5, 0.6) is 0 Å². The maximum Gasteiger partial charge on any atom is 0.306 e. The van der Waals surface area contributed by atoms with Crippen LogP contribution in [0, 0.1) is 0 Å². The van der Waals surface area contributed by atoms with Crippen LogP contribution in [0.3, 0.4) is 0 Å². The zero-order chi connectivity index (χ0) is 53.6. The van der Waals surface area contributed by atoms with E-state index in [0.717, 1.165) is 57.8 Å². The Balaban J connectivity index is 4.26. The highest BCUT2D eigenvalue weighted by atomic mass is 16.6. The second kappa shape index (κ2) is 63.9. The second-order valence-corrected chi connectivity index (χ2v) is 23.5. The van der Waals surface area contributed by atoms with Crippen molar-refractivity contribution in [2.45, 2.75) is 406 Å². The minimum atomic E-state index is -0.763. The van der Waals surface area contributed by atoms with Crippen molar-refractivity contribution in [2.24, 2.45) is 0 Å². The van der Waals surface area contributed by atoms with Gasteiger partial charge in [-0.05, 0) is 19.3 Å². The van der Waals surface area contributed by atoms with Gasteiger partial charge in [-0.15, -0.1) is 0 Å². The molecule has 0 aliphatic carbocycles. The van der Waals surface area contributed by atoms with E-state index in [9.17, 15) is 14.4 Å². The van der Waals surface area contributed by atoms with Crippen LogP contribution in [0.4, 0.5) is 0 Å². The van der Waals surface area contributed by atoms with Crippen LogP contribution in [-0.4, -0.2) is 37.2 Å². The highest BCUT2D eigenvalue weighted by Gasteiger charge is 2.19. The minimum Gasteiger partial charge on any atom is -0.462 e. The number of rotatable bonds is 64. The summed E-state index contributed by atoms with van der Waals surface area (Å²) in [7, 11) is 0. The van der Waals surface area contributed by atoms with Crippen LogP contribution < -0.4 is 0 Å². The molecule has 74 heavy (non-hydrogen) atoms. The second-order valence-electron chi connectivity index (χ2n) is 23.5. The standard InChI is InChI=1S/C68H132O6/c1-4-7-10-13-16-19-22-25-28-31-33-35-37-40-43-46-49-52-55-58-61-67(70)73-64-65(63-72-66(69)60-57-54-51-48-45-42-39-30-27-24-21-18-15-12-9-6-3)74-68(71)62-59-56-53-50-47-44-41-38-36-34-32-29-26-23-20-17-14-11-8-5-2/h65H,4-64H2,1-3H3. The number of unbranched alkanes of at least 4 members (excludes halogenated alkanes) is 53. The first-order valence-corrected chi connectivity index (χ1v) is 34.0. The Kier molecular flexibility index (Phi) is 62.6.